The molecule has 29 heavy (non-hydrogen) atoms. The third kappa shape index (κ3) is 2.56. The van der Waals surface area contributed by atoms with Crippen molar-refractivity contribution in [1.82, 2.24) is 10.2 Å². The Hall–Kier alpha value is -3.53. The van der Waals surface area contributed by atoms with E-state index in [-0.39, 0.29) is 5.78 Å². The SMILES string of the molecule is Cc1cc(C)c(Nc2cccc3c2C(=O)c2cccc4c(C)nnc-3c24)c(C)c1. The number of ketones is 1. The lowest BCUT2D eigenvalue weighted by Crippen LogP contribution is -2.14. The summed E-state index contributed by atoms with van der Waals surface area (Å²) in [6.07, 6.45) is 0. The zero-order valence-electron chi connectivity index (χ0n) is 16.9. The molecule has 4 heteroatoms. The maximum atomic E-state index is 13.6. The lowest BCUT2D eigenvalue weighted by molar-refractivity contribution is 0.104. The Labute approximate surface area is 169 Å². The number of aromatic nitrogens is 2. The van der Waals surface area contributed by atoms with Crippen molar-refractivity contribution in [3.8, 4) is 11.3 Å². The van der Waals surface area contributed by atoms with E-state index in [2.05, 4.69) is 48.4 Å². The molecule has 3 aromatic carbocycles. The molecule has 0 atom stereocenters. The molecule has 0 bridgehead atoms. The normalized spacial score (nSPS) is 12.2. The molecule has 0 fully saturated rings. The quantitative estimate of drug-likeness (QED) is 0.420. The molecule has 0 amide bonds. The Bertz CT molecular complexity index is 1310. The number of benzene rings is 3. The summed E-state index contributed by atoms with van der Waals surface area (Å²) in [5, 5.41) is 14.2. The first-order valence-corrected chi connectivity index (χ1v) is 9.74. The zero-order valence-corrected chi connectivity index (χ0v) is 16.9. The van der Waals surface area contributed by atoms with Crippen LogP contribution < -0.4 is 5.32 Å². The van der Waals surface area contributed by atoms with E-state index in [0.717, 1.165) is 50.2 Å². The summed E-state index contributed by atoms with van der Waals surface area (Å²) in [6.45, 7) is 8.19. The minimum atomic E-state index is 0.0241. The fourth-order valence-corrected chi connectivity index (χ4v) is 4.46. The van der Waals surface area contributed by atoms with Crippen molar-refractivity contribution in [2.75, 3.05) is 5.32 Å². The van der Waals surface area contributed by atoms with Crippen LogP contribution in [-0.4, -0.2) is 16.0 Å². The van der Waals surface area contributed by atoms with Gasteiger partial charge >= 0.3 is 0 Å². The number of nitrogens with zero attached hydrogens (tertiary/aromatic N) is 2. The van der Waals surface area contributed by atoms with Crippen LogP contribution >= 0.6 is 0 Å². The summed E-state index contributed by atoms with van der Waals surface area (Å²) in [4.78, 5) is 13.6. The highest BCUT2D eigenvalue weighted by Gasteiger charge is 2.29. The molecule has 4 nitrogen and oxygen atoms in total. The van der Waals surface area contributed by atoms with E-state index in [1.165, 1.54) is 5.56 Å². The van der Waals surface area contributed by atoms with Crippen LogP contribution in [0.4, 0.5) is 11.4 Å². The first-order valence-electron chi connectivity index (χ1n) is 9.74. The van der Waals surface area contributed by atoms with Crippen molar-refractivity contribution in [2.24, 2.45) is 0 Å². The number of anilines is 2. The molecular weight excluding hydrogens is 358 g/mol. The summed E-state index contributed by atoms with van der Waals surface area (Å²) in [7, 11) is 0. The number of aryl methyl sites for hydroxylation is 4. The minimum Gasteiger partial charge on any atom is -0.354 e. The summed E-state index contributed by atoms with van der Waals surface area (Å²) >= 11 is 0. The van der Waals surface area contributed by atoms with Crippen molar-refractivity contribution in [1.29, 1.82) is 0 Å². The van der Waals surface area contributed by atoms with Crippen LogP contribution in [-0.2, 0) is 0 Å². The third-order valence-corrected chi connectivity index (χ3v) is 5.72. The monoisotopic (exact) mass is 379 g/mol. The Morgan fingerprint density at radius 3 is 2.28 bits per heavy atom. The van der Waals surface area contributed by atoms with Gasteiger partial charge in [0.05, 0.1) is 16.9 Å². The van der Waals surface area contributed by atoms with Crippen LogP contribution in [0.1, 0.15) is 38.3 Å². The highest BCUT2D eigenvalue weighted by atomic mass is 16.1. The number of carbonyl (C=O) groups excluding carboxylic acids is 1. The first-order chi connectivity index (χ1) is 14.0. The number of hydrogen-bond acceptors (Lipinski definition) is 4. The van der Waals surface area contributed by atoms with E-state index in [1.54, 1.807) is 0 Å². The number of fused-ring (bicyclic) bond motifs is 2. The molecule has 0 spiro atoms. The molecule has 142 valence electrons. The van der Waals surface area contributed by atoms with Gasteiger partial charge in [0.15, 0.2) is 5.78 Å². The van der Waals surface area contributed by atoms with Crippen molar-refractivity contribution in [2.45, 2.75) is 27.7 Å². The summed E-state index contributed by atoms with van der Waals surface area (Å²) < 4.78 is 0. The molecule has 0 saturated carbocycles. The Morgan fingerprint density at radius 2 is 1.52 bits per heavy atom. The Morgan fingerprint density at radius 1 is 0.828 bits per heavy atom. The van der Waals surface area contributed by atoms with E-state index in [0.29, 0.717) is 11.1 Å². The second-order valence-electron chi connectivity index (χ2n) is 7.82. The molecule has 4 aromatic rings. The van der Waals surface area contributed by atoms with E-state index < -0.39 is 0 Å². The highest BCUT2D eigenvalue weighted by molar-refractivity contribution is 6.27. The fraction of sp³-hybridized carbons (Fsp3) is 0.160. The first kappa shape index (κ1) is 17.6. The van der Waals surface area contributed by atoms with Crippen molar-refractivity contribution in [3.05, 3.63) is 82.0 Å². The van der Waals surface area contributed by atoms with E-state index in [4.69, 9.17) is 0 Å². The maximum Gasteiger partial charge on any atom is 0.196 e. The third-order valence-electron chi connectivity index (χ3n) is 5.72. The topological polar surface area (TPSA) is 54.9 Å². The van der Waals surface area contributed by atoms with Crippen molar-refractivity contribution < 1.29 is 4.79 Å². The van der Waals surface area contributed by atoms with Crippen molar-refractivity contribution >= 4 is 27.9 Å². The average Bonchev–Trinajstić information content (AvgIpc) is 2.69. The smallest absolute Gasteiger partial charge is 0.196 e. The summed E-state index contributed by atoms with van der Waals surface area (Å²) in [5.74, 6) is 0.0241. The van der Waals surface area contributed by atoms with Crippen LogP contribution in [0.3, 0.4) is 0 Å². The predicted molar refractivity (Wildman–Crippen MR) is 117 cm³/mol. The zero-order chi connectivity index (χ0) is 20.3. The van der Waals surface area contributed by atoms with Gasteiger partial charge in [-0.3, -0.25) is 4.79 Å². The molecule has 1 N–H and O–H groups in total. The Balaban J connectivity index is 1.76. The van der Waals surface area contributed by atoms with Gasteiger partial charge in [-0.05, 0) is 44.9 Å². The van der Waals surface area contributed by atoms with Crippen molar-refractivity contribution in [3.63, 3.8) is 0 Å². The lowest BCUT2D eigenvalue weighted by Gasteiger charge is -2.23. The number of rotatable bonds is 2. The van der Waals surface area contributed by atoms with Gasteiger partial charge in [0, 0.05) is 27.6 Å². The van der Waals surface area contributed by atoms with Gasteiger partial charge < -0.3 is 5.32 Å². The van der Waals surface area contributed by atoms with Gasteiger partial charge in [0.2, 0.25) is 0 Å². The number of hydrogen-bond donors (Lipinski definition) is 1. The largest absolute Gasteiger partial charge is 0.354 e. The molecule has 1 heterocycles. The second kappa shape index (κ2) is 6.24. The molecule has 1 aliphatic carbocycles. The maximum absolute atomic E-state index is 13.6. The molecule has 1 aromatic heterocycles. The van der Waals surface area contributed by atoms with Gasteiger partial charge in [0.1, 0.15) is 5.69 Å². The molecule has 0 radical (unpaired) electrons. The van der Waals surface area contributed by atoms with E-state index in [1.807, 2.05) is 43.3 Å². The van der Waals surface area contributed by atoms with Gasteiger partial charge in [-0.25, -0.2) is 0 Å². The van der Waals surface area contributed by atoms with E-state index >= 15 is 0 Å². The van der Waals surface area contributed by atoms with E-state index in [9.17, 15) is 4.79 Å². The molecule has 0 aliphatic heterocycles. The molecule has 5 rings (SSSR count). The fourth-order valence-electron chi connectivity index (χ4n) is 4.46. The molecule has 0 unspecified atom stereocenters. The minimum absolute atomic E-state index is 0.0241. The van der Waals surface area contributed by atoms with Gasteiger partial charge in [-0.2, -0.15) is 5.10 Å². The number of nitrogens with one attached hydrogen (secondary N) is 1. The van der Waals surface area contributed by atoms with Crippen LogP contribution in [0.5, 0.6) is 0 Å². The standard InChI is InChI=1S/C25H21N3O/c1-13-11-14(2)23(15(3)12-13)26-20-10-6-8-18-22(20)25(29)19-9-5-7-17-16(4)27-28-24(18)21(17)19/h5-12,26H,1-4H3. The lowest BCUT2D eigenvalue weighted by atomic mass is 9.84. The number of carbonyl (C=O) groups is 1. The van der Waals surface area contributed by atoms with Crippen LogP contribution in [0, 0.1) is 27.7 Å². The van der Waals surface area contributed by atoms with Crippen LogP contribution in [0.2, 0.25) is 0 Å². The van der Waals surface area contributed by atoms with Gasteiger partial charge in [-0.15, -0.1) is 5.10 Å². The predicted octanol–water partition coefficient (Wildman–Crippen LogP) is 5.82. The second-order valence-corrected chi connectivity index (χ2v) is 7.82. The molecular formula is C25H21N3O. The van der Waals surface area contributed by atoms with Gasteiger partial charge in [0.25, 0.3) is 0 Å². The molecule has 0 saturated heterocycles. The summed E-state index contributed by atoms with van der Waals surface area (Å²) in [5.41, 5.74) is 9.16. The summed E-state index contributed by atoms with van der Waals surface area (Å²) in [6, 6.07) is 16.0. The molecule has 1 aliphatic rings. The highest BCUT2D eigenvalue weighted by Crippen LogP contribution is 2.42. The van der Waals surface area contributed by atoms with Crippen LogP contribution in [0.15, 0.2) is 48.5 Å². The average molecular weight is 379 g/mol. The Kier molecular flexibility index (Phi) is 3.78. The van der Waals surface area contributed by atoms with Crippen LogP contribution in [0.25, 0.3) is 22.0 Å². The van der Waals surface area contributed by atoms with Gasteiger partial charge in [-0.1, -0.05) is 48.0 Å².